The van der Waals surface area contributed by atoms with Crippen LogP contribution in [0.3, 0.4) is 0 Å². The monoisotopic (exact) mass is 423 g/mol. The van der Waals surface area contributed by atoms with Crippen molar-refractivity contribution in [3.8, 4) is 22.6 Å². The highest BCUT2D eigenvalue weighted by Crippen LogP contribution is 2.34. The smallest absolute Gasteiger partial charge is 0.124 e. The summed E-state index contributed by atoms with van der Waals surface area (Å²) in [6.45, 7) is 3.79. The van der Waals surface area contributed by atoms with Crippen molar-refractivity contribution in [2.45, 2.75) is 13.3 Å². The van der Waals surface area contributed by atoms with Crippen molar-refractivity contribution in [1.29, 1.82) is 0 Å². The van der Waals surface area contributed by atoms with Crippen LogP contribution in [-0.4, -0.2) is 33.3 Å². The highest BCUT2D eigenvalue weighted by atomic mass is 19.1. The maximum absolute atomic E-state index is 14.0. The van der Waals surface area contributed by atoms with Gasteiger partial charge in [0.1, 0.15) is 11.5 Å². The van der Waals surface area contributed by atoms with Gasteiger partial charge in [0.25, 0.3) is 0 Å². The minimum Gasteiger partial charge on any atom is -0.353 e. The number of pyridine rings is 1. The Morgan fingerprint density at radius 2 is 1.81 bits per heavy atom. The predicted octanol–water partition coefficient (Wildman–Crippen LogP) is 5.60. The van der Waals surface area contributed by atoms with Crippen LogP contribution in [-0.2, 0) is 0 Å². The van der Waals surface area contributed by atoms with E-state index in [0.717, 1.165) is 69.5 Å². The maximum Gasteiger partial charge on any atom is 0.124 e. The lowest BCUT2D eigenvalue weighted by Crippen LogP contribution is -2.19. The van der Waals surface area contributed by atoms with Crippen LogP contribution < -0.4 is 5.32 Å². The van der Waals surface area contributed by atoms with Crippen molar-refractivity contribution >= 4 is 27.4 Å². The van der Waals surface area contributed by atoms with Gasteiger partial charge in [0.15, 0.2) is 0 Å². The Bertz CT molecular complexity index is 1490. The lowest BCUT2D eigenvalue weighted by Gasteiger charge is -2.14. The van der Waals surface area contributed by atoms with Gasteiger partial charge < -0.3 is 10.3 Å². The van der Waals surface area contributed by atoms with Crippen molar-refractivity contribution in [3.05, 3.63) is 77.7 Å². The summed E-state index contributed by atoms with van der Waals surface area (Å²) in [5.41, 5.74) is 8.71. The fraction of sp³-hybridized carbons (Fsp3) is 0.154. The third-order valence-electron chi connectivity index (χ3n) is 6.12. The summed E-state index contributed by atoms with van der Waals surface area (Å²) in [6.07, 6.45) is 5.03. The van der Waals surface area contributed by atoms with E-state index in [1.807, 2.05) is 19.1 Å². The number of nitrogens with one attached hydrogen (secondary N) is 3. The SMILES string of the molecule is Cc1cc(F)cc(-c2nccc3[nH]c(-c4n[nH]c5ccc(C6=CCNCC6)cc45)cc23)c1. The second-order valence-electron chi connectivity index (χ2n) is 8.34. The Labute approximate surface area is 184 Å². The molecule has 0 saturated carbocycles. The fourth-order valence-electron chi connectivity index (χ4n) is 4.59. The van der Waals surface area contributed by atoms with Crippen LogP contribution >= 0.6 is 0 Å². The zero-order valence-corrected chi connectivity index (χ0v) is 17.7. The molecule has 5 nitrogen and oxygen atoms in total. The van der Waals surface area contributed by atoms with E-state index < -0.39 is 0 Å². The van der Waals surface area contributed by atoms with Crippen molar-refractivity contribution in [1.82, 2.24) is 25.5 Å². The van der Waals surface area contributed by atoms with Gasteiger partial charge in [-0.15, -0.1) is 0 Å². The lowest BCUT2D eigenvalue weighted by molar-refractivity contribution is 0.627. The molecule has 3 N–H and O–H groups in total. The molecule has 6 heteroatoms. The second kappa shape index (κ2) is 7.43. The number of hydrogen-bond acceptors (Lipinski definition) is 3. The molecule has 0 saturated heterocycles. The largest absolute Gasteiger partial charge is 0.353 e. The molecule has 5 aromatic rings. The molecule has 6 rings (SSSR count). The average Bonchev–Trinajstić information content (AvgIpc) is 3.42. The summed E-state index contributed by atoms with van der Waals surface area (Å²) >= 11 is 0. The van der Waals surface area contributed by atoms with E-state index in [2.05, 4.69) is 55.8 Å². The van der Waals surface area contributed by atoms with Crippen molar-refractivity contribution < 1.29 is 4.39 Å². The van der Waals surface area contributed by atoms with E-state index in [4.69, 9.17) is 0 Å². The van der Waals surface area contributed by atoms with Crippen LogP contribution in [0.2, 0.25) is 0 Å². The molecular formula is C26H22FN5. The minimum atomic E-state index is -0.257. The quantitative estimate of drug-likeness (QED) is 0.354. The van der Waals surface area contributed by atoms with Crippen molar-refractivity contribution in [3.63, 3.8) is 0 Å². The van der Waals surface area contributed by atoms with Crippen LogP contribution in [0.4, 0.5) is 4.39 Å². The van der Waals surface area contributed by atoms with Gasteiger partial charge >= 0.3 is 0 Å². The lowest BCUT2D eigenvalue weighted by atomic mass is 9.98. The average molecular weight is 423 g/mol. The molecule has 0 amide bonds. The number of rotatable bonds is 3. The Morgan fingerprint density at radius 3 is 2.66 bits per heavy atom. The van der Waals surface area contributed by atoms with Gasteiger partial charge in [0.05, 0.1) is 16.9 Å². The summed E-state index contributed by atoms with van der Waals surface area (Å²) in [7, 11) is 0. The molecule has 0 aliphatic carbocycles. The molecular weight excluding hydrogens is 401 g/mol. The topological polar surface area (TPSA) is 69.4 Å². The molecule has 3 aromatic heterocycles. The molecule has 1 aliphatic rings. The molecule has 32 heavy (non-hydrogen) atoms. The predicted molar refractivity (Wildman–Crippen MR) is 127 cm³/mol. The number of benzene rings is 2. The minimum absolute atomic E-state index is 0.257. The molecule has 2 aromatic carbocycles. The molecule has 0 atom stereocenters. The molecule has 0 fully saturated rings. The van der Waals surface area contributed by atoms with Gasteiger partial charge in [0, 0.05) is 34.6 Å². The number of H-pyrrole nitrogens is 2. The number of nitrogens with zero attached hydrogens (tertiary/aromatic N) is 2. The molecule has 0 radical (unpaired) electrons. The van der Waals surface area contributed by atoms with Gasteiger partial charge in [-0.3, -0.25) is 10.1 Å². The van der Waals surface area contributed by atoms with E-state index in [0.29, 0.717) is 0 Å². The van der Waals surface area contributed by atoms with Gasteiger partial charge in [-0.25, -0.2) is 4.39 Å². The molecule has 4 heterocycles. The molecule has 158 valence electrons. The van der Waals surface area contributed by atoms with Gasteiger partial charge in [-0.1, -0.05) is 12.1 Å². The van der Waals surface area contributed by atoms with Crippen LogP contribution in [0.15, 0.2) is 60.8 Å². The number of aryl methyl sites for hydroxylation is 1. The van der Waals surface area contributed by atoms with E-state index in [9.17, 15) is 4.39 Å². The first kappa shape index (κ1) is 19.0. The molecule has 0 spiro atoms. The Balaban J connectivity index is 1.49. The van der Waals surface area contributed by atoms with Gasteiger partial charge in [-0.05, 0) is 79.1 Å². The van der Waals surface area contributed by atoms with Gasteiger partial charge in [-0.2, -0.15) is 5.10 Å². The number of aromatic amines is 2. The number of hydrogen-bond donors (Lipinski definition) is 3. The van der Waals surface area contributed by atoms with Crippen LogP contribution in [0, 0.1) is 12.7 Å². The molecule has 0 bridgehead atoms. The first-order chi connectivity index (χ1) is 15.7. The zero-order chi connectivity index (χ0) is 21.7. The first-order valence-corrected chi connectivity index (χ1v) is 10.8. The summed E-state index contributed by atoms with van der Waals surface area (Å²) in [5.74, 6) is -0.257. The Morgan fingerprint density at radius 1 is 0.906 bits per heavy atom. The summed E-state index contributed by atoms with van der Waals surface area (Å²) in [6, 6.07) is 15.5. The van der Waals surface area contributed by atoms with Crippen molar-refractivity contribution in [2.75, 3.05) is 13.1 Å². The zero-order valence-electron chi connectivity index (χ0n) is 17.7. The van der Waals surface area contributed by atoms with Crippen LogP contribution in [0.1, 0.15) is 17.5 Å². The summed E-state index contributed by atoms with van der Waals surface area (Å²) in [5, 5.41) is 13.1. The third kappa shape index (κ3) is 3.20. The highest BCUT2D eigenvalue weighted by Gasteiger charge is 2.16. The molecule has 1 aliphatic heterocycles. The van der Waals surface area contributed by atoms with E-state index in [-0.39, 0.29) is 5.82 Å². The Hall–Kier alpha value is -3.77. The van der Waals surface area contributed by atoms with Crippen LogP contribution in [0.5, 0.6) is 0 Å². The highest BCUT2D eigenvalue weighted by molar-refractivity contribution is 6.00. The second-order valence-corrected chi connectivity index (χ2v) is 8.34. The van der Waals surface area contributed by atoms with Crippen molar-refractivity contribution in [2.24, 2.45) is 0 Å². The molecule has 0 unspecified atom stereocenters. The fourth-order valence-corrected chi connectivity index (χ4v) is 4.59. The summed E-state index contributed by atoms with van der Waals surface area (Å²) < 4.78 is 14.0. The van der Waals surface area contributed by atoms with Gasteiger partial charge in [0.2, 0.25) is 0 Å². The first-order valence-electron chi connectivity index (χ1n) is 10.8. The normalized spacial score (nSPS) is 14.2. The van der Waals surface area contributed by atoms with E-state index in [1.54, 1.807) is 6.20 Å². The van der Waals surface area contributed by atoms with E-state index >= 15 is 0 Å². The number of aromatic nitrogens is 4. The standard InChI is InChI=1S/C26H22FN5/c1-15-10-18(12-19(27)11-15)25-21-14-24(30-22(21)6-9-29-25)26-20-13-17(2-3-23(20)31-32-26)16-4-7-28-8-5-16/h2-4,6,9-14,28,30H,5,7-8H2,1H3,(H,31,32). The van der Waals surface area contributed by atoms with Crippen LogP contribution in [0.25, 0.3) is 50.0 Å². The third-order valence-corrected chi connectivity index (χ3v) is 6.12. The van der Waals surface area contributed by atoms with E-state index in [1.165, 1.54) is 23.3 Å². The summed E-state index contributed by atoms with van der Waals surface area (Å²) in [4.78, 5) is 8.05. The Kier molecular flexibility index (Phi) is 4.40. The maximum atomic E-state index is 14.0. The number of fused-ring (bicyclic) bond motifs is 2. The number of halogens is 1.